The van der Waals surface area contributed by atoms with Crippen LogP contribution in [0.3, 0.4) is 0 Å². The number of pyridine rings is 1. The molecule has 1 amide bonds. The molecule has 0 unspecified atom stereocenters. The predicted molar refractivity (Wildman–Crippen MR) is 74.0 cm³/mol. The van der Waals surface area contributed by atoms with Crippen LogP contribution in [0.2, 0.25) is 5.02 Å². The van der Waals surface area contributed by atoms with Crippen LogP contribution >= 0.6 is 11.6 Å². The standard InChI is InChI=1S/C13H15ClN2O5/c1-2-21-11(17)4-3-9(13(19)20)16-12(18)10-7-8(14)5-6-15-10/h5-7,9H,2-4H2,1H3,(H,16,18)(H,19,20)/t9-/m0/s1. The van der Waals surface area contributed by atoms with Gasteiger partial charge in [-0.1, -0.05) is 11.6 Å². The Hall–Kier alpha value is -2.15. The topological polar surface area (TPSA) is 106 Å². The molecule has 0 aliphatic carbocycles. The number of hydrogen-bond acceptors (Lipinski definition) is 5. The first kappa shape index (κ1) is 16.9. The molecule has 114 valence electrons. The van der Waals surface area contributed by atoms with Gasteiger partial charge in [0, 0.05) is 17.6 Å². The highest BCUT2D eigenvalue weighted by Gasteiger charge is 2.22. The molecule has 0 aliphatic rings. The SMILES string of the molecule is CCOC(=O)CC[C@H](NC(=O)c1cc(Cl)ccn1)C(=O)O. The lowest BCUT2D eigenvalue weighted by atomic mass is 10.1. The fourth-order valence-electron chi connectivity index (χ4n) is 1.51. The van der Waals surface area contributed by atoms with E-state index < -0.39 is 23.9 Å². The van der Waals surface area contributed by atoms with Gasteiger partial charge in [0.05, 0.1) is 6.61 Å². The normalized spacial score (nSPS) is 11.5. The summed E-state index contributed by atoms with van der Waals surface area (Å²) in [4.78, 5) is 38.0. The zero-order valence-electron chi connectivity index (χ0n) is 11.3. The van der Waals surface area contributed by atoms with Crippen molar-refractivity contribution in [3.8, 4) is 0 Å². The van der Waals surface area contributed by atoms with Crippen LogP contribution < -0.4 is 5.32 Å². The zero-order valence-corrected chi connectivity index (χ0v) is 12.1. The third-order valence-corrected chi connectivity index (χ3v) is 2.74. The van der Waals surface area contributed by atoms with Crippen LogP contribution in [-0.2, 0) is 14.3 Å². The summed E-state index contributed by atoms with van der Waals surface area (Å²) >= 11 is 5.73. The van der Waals surface area contributed by atoms with E-state index in [-0.39, 0.29) is 25.1 Å². The Morgan fingerprint density at radius 2 is 2.19 bits per heavy atom. The Balaban J connectivity index is 2.64. The second-order valence-corrected chi connectivity index (χ2v) is 4.50. The Bertz CT molecular complexity index is 535. The number of ether oxygens (including phenoxy) is 1. The van der Waals surface area contributed by atoms with Crippen LogP contribution in [0, 0.1) is 0 Å². The van der Waals surface area contributed by atoms with Crippen molar-refractivity contribution in [2.24, 2.45) is 0 Å². The number of nitrogens with one attached hydrogen (secondary N) is 1. The predicted octanol–water partition coefficient (Wildman–Crippen LogP) is 1.26. The summed E-state index contributed by atoms with van der Waals surface area (Å²) < 4.78 is 4.70. The third-order valence-electron chi connectivity index (χ3n) is 2.50. The van der Waals surface area contributed by atoms with Gasteiger partial charge in [0.25, 0.3) is 5.91 Å². The van der Waals surface area contributed by atoms with Crippen molar-refractivity contribution >= 4 is 29.4 Å². The number of carboxylic acids is 1. The molecule has 1 atom stereocenters. The zero-order chi connectivity index (χ0) is 15.8. The molecule has 0 aromatic carbocycles. The first-order chi connectivity index (χ1) is 9.93. The molecule has 8 heteroatoms. The molecule has 0 saturated heterocycles. The van der Waals surface area contributed by atoms with E-state index >= 15 is 0 Å². The van der Waals surface area contributed by atoms with Crippen molar-refractivity contribution in [1.82, 2.24) is 10.3 Å². The monoisotopic (exact) mass is 314 g/mol. The highest BCUT2D eigenvalue weighted by molar-refractivity contribution is 6.30. The maximum atomic E-state index is 11.9. The van der Waals surface area contributed by atoms with E-state index in [1.54, 1.807) is 6.92 Å². The van der Waals surface area contributed by atoms with E-state index in [0.717, 1.165) is 0 Å². The summed E-state index contributed by atoms with van der Waals surface area (Å²) in [7, 11) is 0. The molecule has 0 bridgehead atoms. The molecule has 2 N–H and O–H groups in total. The van der Waals surface area contributed by atoms with Gasteiger partial charge in [0.15, 0.2) is 0 Å². The molecule has 7 nitrogen and oxygen atoms in total. The lowest BCUT2D eigenvalue weighted by molar-refractivity contribution is -0.144. The molecule has 1 heterocycles. The van der Waals surface area contributed by atoms with Crippen molar-refractivity contribution in [2.75, 3.05) is 6.61 Å². The fourth-order valence-corrected chi connectivity index (χ4v) is 1.67. The number of halogens is 1. The minimum Gasteiger partial charge on any atom is -0.480 e. The highest BCUT2D eigenvalue weighted by atomic mass is 35.5. The van der Waals surface area contributed by atoms with Crippen molar-refractivity contribution in [2.45, 2.75) is 25.8 Å². The first-order valence-corrected chi connectivity index (χ1v) is 6.62. The molecular weight excluding hydrogens is 300 g/mol. The van der Waals surface area contributed by atoms with Crippen LogP contribution in [0.5, 0.6) is 0 Å². The van der Waals surface area contributed by atoms with Crippen molar-refractivity contribution in [3.63, 3.8) is 0 Å². The Morgan fingerprint density at radius 3 is 2.76 bits per heavy atom. The van der Waals surface area contributed by atoms with Gasteiger partial charge in [-0.25, -0.2) is 4.79 Å². The average Bonchev–Trinajstić information content (AvgIpc) is 2.43. The van der Waals surface area contributed by atoms with Crippen molar-refractivity contribution < 1.29 is 24.2 Å². The minimum absolute atomic E-state index is 0.00452. The summed E-state index contributed by atoms with van der Waals surface area (Å²) in [5.41, 5.74) is 0.00452. The number of hydrogen-bond donors (Lipinski definition) is 2. The van der Waals surface area contributed by atoms with Gasteiger partial charge >= 0.3 is 11.9 Å². The van der Waals surface area contributed by atoms with Gasteiger partial charge in [-0.3, -0.25) is 14.6 Å². The smallest absolute Gasteiger partial charge is 0.326 e. The van der Waals surface area contributed by atoms with E-state index in [4.69, 9.17) is 21.4 Å². The van der Waals surface area contributed by atoms with Crippen LogP contribution in [0.1, 0.15) is 30.3 Å². The molecular formula is C13H15ClN2O5. The largest absolute Gasteiger partial charge is 0.480 e. The number of carbonyl (C=O) groups excluding carboxylic acids is 2. The van der Waals surface area contributed by atoms with E-state index in [0.29, 0.717) is 5.02 Å². The van der Waals surface area contributed by atoms with Crippen molar-refractivity contribution in [3.05, 3.63) is 29.0 Å². The highest BCUT2D eigenvalue weighted by Crippen LogP contribution is 2.09. The van der Waals surface area contributed by atoms with Gasteiger partial charge in [0.2, 0.25) is 0 Å². The molecule has 0 radical (unpaired) electrons. The number of amides is 1. The Kier molecular flexibility index (Phi) is 6.61. The van der Waals surface area contributed by atoms with Crippen LogP contribution in [0.15, 0.2) is 18.3 Å². The number of esters is 1. The van der Waals surface area contributed by atoms with Crippen LogP contribution in [-0.4, -0.2) is 40.6 Å². The molecule has 21 heavy (non-hydrogen) atoms. The van der Waals surface area contributed by atoms with Gasteiger partial charge in [0.1, 0.15) is 11.7 Å². The van der Waals surface area contributed by atoms with Gasteiger partial charge in [-0.15, -0.1) is 0 Å². The number of aliphatic carboxylic acids is 1. The van der Waals surface area contributed by atoms with Gasteiger partial charge in [-0.2, -0.15) is 0 Å². The quantitative estimate of drug-likeness (QED) is 0.734. The number of aromatic nitrogens is 1. The lowest BCUT2D eigenvalue weighted by Gasteiger charge is -2.13. The Labute approximate surface area is 126 Å². The van der Waals surface area contributed by atoms with Gasteiger partial charge < -0.3 is 15.2 Å². The minimum atomic E-state index is -1.24. The van der Waals surface area contributed by atoms with E-state index in [2.05, 4.69) is 10.3 Å². The fraction of sp³-hybridized carbons (Fsp3) is 0.385. The Morgan fingerprint density at radius 1 is 1.48 bits per heavy atom. The number of carboxylic acid groups (broad SMARTS) is 1. The second kappa shape index (κ2) is 8.21. The second-order valence-electron chi connectivity index (χ2n) is 4.07. The van der Waals surface area contributed by atoms with E-state index in [9.17, 15) is 14.4 Å². The summed E-state index contributed by atoms with van der Waals surface area (Å²) in [6, 6.07) is 1.61. The molecule has 1 rings (SSSR count). The summed E-state index contributed by atoms with van der Waals surface area (Å²) in [5.74, 6) is -2.43. The third kappa shape index (κ3) is 5.78. The summed E-state index contributed by atoms with van der Waals surface area (Å²) in [6.07, 6.45) is 1.17. The molecule has 1 aromatic rings. The molecule has 0 aliphatic heterocycles. The van der Waals surface area contributed by atoms with Gasteiger partial charge in [-0.05, 0) is 25.5 Å². The summed E-state index contributed by atoms with van der Waals surface area (Å²) in [6.45, 7) is 1.87. The van der Waals surface area contributed by atoms with E-state index in [1.807, 2.05) is 0 Å². The molecule has 0 saturated carbocycles. The van der Waals surface area contributed by atoms with Crippen LogP contribution in [0.25, 0.3) is 0 Å². The maximum absolute atomic E-state index is 11.9. The van der Waals surface area contributed by atoms with E-state index in [1.165, 1.54) is 18.3 Å². The maximum Gasteiger partial charge on any atom is 0.326 e. The average molecular weight is 315 g/mol. The van der Waals surface area contributed by atoms with Crippen molar-refractivity contribution in [1.29, 1.82) is 0 Å². The molecule has 1 aromatic heterocycles. The lowest BCUT2D eigenvalue weighted by Crippen LogP contribution is -2.41. The number of rotatable bonds is 7. The number of carbonyl (C=O) groups is 3. The number of nitrogens with zero attached hydrogens (tertiary/aromatic N) is 1. The molecule has 0 spiro atoms. The summed E-state index contributed by atoms with van der Waals surface area (Å²) in [5, 5.41) is 11.7. The first-order valence-electron chi connectivity index (χ1n) is 6.25. The van der Waals surface area contributed by atoms with Crippen LogP contribution in [0.4, 0.5) is 0 Å². The molecule has 0 fully saturated rings.